The molecule has 6 heteroatoms. The van der Waals surface area contributed by atoms with Crippen LogP contribution in [0.1, 0.15) is 15.9 Å². The number of nitrogens with one attached hydrogen (secondary N) is 2. The van der Waals surface area contributed by atoms with Crippen LogP contribution in [0, 0.1) is 10.5 Å². The molecule has 0 radical (unpaired) electrons. The monoisotopic (exact) mass is 398 g/mol. The molecule has 2 N–H and O–H groups in total. The van der Waals surface area contributed by atoms with Crippen LogP contribution >= 0.6 is 35.0 Å². The molecule has 0 heterocycles. The summed E-state index contributed by atoms with van der Waals surface area (Å²) in [5, 5.41) is 6.08. The van der Waals surface area contributed by atoms with Crippen molar-refractivity contribution in [2.75, 3.05) is 33.4 Å². The predicted octanol–water partition coefficient (Wildman–Crippen LogP) is 1.99. The molecule has 0 bridgehead atoms. The maximum Gasteiger partial charge on any atom is 0.251 e. The molecule has 108 valence electrons. The molecule has 0 atom stereocenters. The molecule has 1 aromatic rings. The van der Waals surface area contributed by atoms with Crippen LogP contribution in [0.25, 0.3) is 0 Å². The van der Waals surface area contributed by atoms with Gasteiger partial charge >= 0.3 is 0 Å². The van der Waals surface area contributed by atoms with Gasteiger partial charge in [0.1, 0.15) is 0 Å². The Hall–Kier alpha value is -0.370. The Morgan fingerprint density at radius 1 is 1.32 bits per heavy atom. The lowest BCUT2D eigenvalue weighted by Gasteiger charge is -2.09. The van der Waals surface area contributed by atoms with E-state index in [-0.39, 0.29) is 18.3 Å². The van der Waals surface area contributed by atoms with E-state index >= 15 is 0 Å². The van der Waals surface area contributed by atoms with Crippen LogP contribution in [0.3, 0.4) is 0 Å². The summed E-state index contributed by atoms with van der Waals surface area (Å²) in [7, 11) is 1.67. The summed E-state index contributed by atoms with van der Waals surface area (Å²) in [4.78, 5) is 11.9. The highest BCUT2D eigenvalue weighted by Gasteiger charge is 2.09. The molecule has 4 nitrogen and oxygen atoms in total. The highest BCUT2D eigenvalue weighted by molar-refractivity contribution is 14.1. The van der Waals surface area contributed by atoms with Gasteiger partial charge in [-0.2, -0.15) is 0 Å². The van der Waals surface area contributed by atoms with E-state index < -0.39 is 0 Å². The quantitative estimate of drug-likeness (QED) is 0.545. The van der Waals surface area contributed by atoms with Crippen LogP contribution < -0.4 is 10.6 Å². The number of halogens is 2. The number of benzene rings is 1. The van der Waals surface area contributed by atoms with E-state index in [4.69, 9.17) is 4.74 Å². The molecule has 0 saturated carbocycles. The van der Waals surface area contributed by atoms with Crippen LogP contribution in [-0.2, 0) is 4.74 Å². The molecule has 0 saturated heterocycles. The molecule has 1 amide bonds. The molecule has 0 aromatic heterocycles. The van der Waals surface area contributed by atoms with Gasteiger partial charge in [-0.15, -0.1) is 12.4 Å². The minimum Gasteiger partial charge on any atom is -0.383 e. The average Bonchev–Trinajstić information content (AvgIpc) is 2.36. The van der Waals surface area contributed by atoms with Crippen molar-refractivity contribution < 1.29 is 9.53 Å². The summed E-state index contributed by atoms with van der Waals surface area (Å²) in [5.74, 6) is -0.0143. The zero-order valence-electron chi connectivity index (χ0n) is 11.2. The van der Waals surface area contributed by atoms with Crippen molar-refractivity contribution >= 4 is 40.9 Å². The molecule has 0 fully saturated rings. The third-order valence-corrected chi connectivity index (χ3v) is 3.75. The molecule has 0 unspecified atom stereocenters. The van der Waals surface area contributed by atoms with Crippen LogP contribution in [0.5, 0.6) is 0 Å². The molecule has 0 aliphatic carbocycles. The molecule has 0 aliphatic rings. The Bertz CT molecular complexity index is 402. The highest BCUT2D eigenvalue weighted by atomic mass is 127. The maximum absolute atomic E-state index is 11.9. The first kappa shape index (κ1) is 18.6. The lowest BCUT2D eigenvalue weighted by Crippen LogP contribution is -2.33. The van der Waals surface area contributed by atoms with E-state index in [0.29, 0.717) is 13.2 Å². The van der Waals surface area contributed by atoms with Gasteiger partial charge in [0.05, 0.1) is 6.61 Å². The summed E-state index contributed by atoms with van der Waals surface area (Å²) in [6.45, 7) is 4.82. The Balaban J connectivity index is 0.00000324. The minimum atomic E-state index is -0.0143. The number of hydrogen-bond donors (Lipinski definition) is 2. The fraction of sp³-hybridized carbons (Fsp3) is 0.462. The highest BCUT2D eigenvalue weighted by Crippen LogP contribution is 2.15. The van der Waals surface area contributed by atoms with E-state index in [1.54, 1.807) is 7.11 Å². The van der Waals surface area contributed by atoms with E-state index in [2.05, 4.69) is 33.2 Å². The SMILES string of the molecule is COCCNCCNC(=O)c1cccc(I)c1C.Cl. The number of rotatable bonds is 7. The Kier molecular flexibility index (Phi) is 10.2. The van der Waals surface area contributed by atoms with E-state index in [1.807, 2.05) is 25.1 Å². The standard InChI is InChI=1S/C13H19IN2O2.ClH/c1-10-11(4-3-5-12(10)14)13(17)16-7-6-15-8-9-18-2;/h3-5,15H,6-9H2,1-2H3,(H,16,17);1H. The van der Waals surface area contributed by atoms with Crippen molar-refractivity contribution in [2.24, 2.45) is 0 Å². The molecule has 0 spiro atoms. The van der Waals surface area contributed by atoms with Crippen molar-refractivity contribution in [3.8, 4) is 0 Å². The number of carbonyl (C=O) groups excluding carboxylic acids is 1. The second kappa shape index (κ2) is 10.4. The van der Waals surface area contributed by atoms with E-state index in [9.17, 15) is 4.79 Å². The third kappa shape index (κ3) is 6.56. The van der Waals surface area contributed by atoms with Crippen molar-refractivity contribution in [3.63, 3.8) is 0 Å². The van der Waals surface area contributed by atoms with Crippen LogP contribution in [0.15, 0.2) is 18.2 Å². The number of hydrogen-bond acceptors (Lipinski definition) is 3. The van der Waals surface area contributed by atoms with Gasteiger partial charge in [0.25, 0.3) is 5.91 Å². The largest absolute Gasteiger partial charge is 0.383 e. The topological polar surface area (TPSA) is 50.4 Å². The van der Waals surface area contributed by atoms with Crippen LogP contribution in [-0.4, -0.2) is 39.3 Å². The van der Waals surface area contributed by atoms with Gasteiger partial charge in [-0.3, -0.25) is 4.79 Å². The minimum absolute atomic E-state index is 0. The van der Waals surface area contributed by atoms with Crippen LogP contribution in [0.4, 0.5) is 0 Å². The summed E-state index contributed by atoms with van der Waals surface area (Å²) >= 11 is 2.24. The van der Waals surface area contributed by atoms with Crippen LogP contribution in [0.2, 0.25) is 0 Å². The summed E-state index contributed by atoms with van der Waals surface area (Å²) in [6, 6.07) is 5.75. The fourth-order valence-corrected chi connectivity index (χ4v) is 2.01. The number of carbonyl (C=O) groups is 1. The molecule has 1 rings (SSSR count). The number of methoxy groups -OCH3 is 1. The lowest BCUT2D eigenvalue weighted by molar-refractivity contribution is 0.0953. The van der Waals surface area contributed by atoms with Gasteiger partial charge in [0.2, 0.25) is 0 Å². The van der Waals surface area contributed by atoms with Gasteiger partial charge in [-0.05, 0) is 47.2 Å². The third-order valence-electron chi connectivity index (χ3n) is 2.58. The van der Waals surface area contributed by atoms with Crippen molar-refractivity contribution in [2.45, 2.75) is 6.92 Å². The van der Waals surface area contributed by atoms with Gasteiger partial charge in [-0.25, -0.2) is 0 Å². The number of amides is 1. The Morgan fingerprint density at radius 2 is 2.05 bits per heavy atom. The summed E-state index contributed by atoms with van der Waals surface area (Å²) < 4.78 is 6.03. The predicted molar refractivity (Wildman–Crippen MR) is 88.2 cm³/mol. The van der Waals surface area contributed by atoms with Crippen molar-refractivity contribution in [1.82, 2.24) is 10.6 Å². The fourth-order valence-electron chi connectivity index (χ4n) is 1.51. The van der Waals surface area contributed by atoms with Gasteiger partial charge in [0.15, 0.2) is 0 Å². The van der Waals surface area contributed by atoms with Gasteiger partial charge < -0.3 is 15.4 Å². The number of ether oxygens (including phenoxy) is 1. The molecule has 1 aromatic carbocycles. The van der Waals surface area contributed by atoms with Crippen molar-refractivity contribution in [1.29, 1.82) is 0 Å². The van der Waals surface area contributed by atoms with E-state index in [1.165, 1.54) is 0 Å². The average molecular weight is 399 g/mol. The van der Waals surface area contributed by atoms with Gasteiger partial charge in [0, 0.05) is 35.9 Å². The Morgan fingerprint density at radius 3 is 2.74 bits per heavy atom. The first-order valence-electron chi connectivity index (χ1n) is 5.89. The maximum atomic E-state index is 11.9. The van der Waals surface area contributed by atoms with E-state index in [0.717, 1.165) is 27.8 Å². The first-order chi connectivity index (χ1) is 8.66. The lowest BCUT2D eigenvalue weighted by atomic mass is 10.1. The van der Waals surface area contributed by atoms with Crippen molar-refractivity contribution in [3.05, 3.63) is 32.9 Å². The molecular weight excluding hydrogens is 379 g/mol. The zero-order valence-corrected chi connectivity index (χ0v) is 14.1. The summed E-state index contributed by atoms with van der Waals surface area (Å²) in [5.41, 5.74) is 1.78. The normalized spacial score (nSPS) is 9.84. The molecule has 19 heavy (non-hydrogen) atoms. The second-order valence-corrected chi connectivity index (χ2v) is 5.07. The first-order valence-corrected chi connectivity index (χ1v) is 6.97. The molecule has 0 aliphatic heterocycles. The molecular formula is C13H20ClIN2O2. The second-order valence-electron chi connectivity index (χ2n) is 3.91. The summed E-state index contributed by atoms with van der Waals surface area (Å²) in [6.07, 6.45) is 0. The zero-order chi connectivity index (χ0) is 13.4. The smallest absolute Gasteiger partial charge is 0.251 e. The Labute approximate surface area is 134 Å². The van der Waals surface area contributed by atoms with Gasteiger partial charge in [-0.1, -0.05) is 6.07 Å².